The topological polar surface area (TPSA) is 155 Å². The van der Waals surface area contributed by atoms with Gasteiger partial charge in [0, 0.05) is 13.0 Å². The van der Waals surface area contributed by atoms with Crippen LogP contribution in [0.1, 0.15) is 181 Å². The monoisotopic (exact) mass is 876 g/mol. The highest BCUT2D eigenvalue weighted by molar-refractivity contribution is 7.47. The number of phosphoric ester groups is 1. The number of hydrogen-bond donors (Lipinski definition) is 3. The molecule has 0 aromatic rings. The van der Waals surface area contributed by atoms with Crippen LogP contribution in [0.15, 0.2) is 85.1 Å². The number of esters is 1. The van der Waals surface area contributed by atoms with Gasteiger partial charge in [-0.1, -0.05) is 176 Å². The molecule has 0 saturated heterocycles. The minimum Gasteiger partial charge on any atom is -0.480 e. The number of aliphatic carboxylic acids is 1. The lowest BCUT2D eigenvalue weighted by Gasteiger charge is -2.20. The van der Waals surface area contributed by atoms with Crippen molar-refractivity contribution in [2.45, 2.75) is 193 Å². The molecule has 10 nitrogen and oxygen atoms in total. The first-order chi connectivity index (χ1) is 29.7. The molecule has 0 aromatic carbocycles. The molecule has 11 heteroatoms. The van der Waals surface area contributed by atoms with Gasteiger partial charge < -0.3 is 25.2 Å². The van der Waals surface area contributed by atoms with Gasteiger partial charge >= 0.3 is 19.8 Å². The van der Waals surface area contributed by atoms with Crippen LogP contribution in [0, 0.1) is 0 Å². The average Bonchev–Trinajstić information content (AvgIpc) is 3.24. The number of carboxylic acid groups (broad SMARTS) is 1. The van der Waals surface area contributed by atoms with Crippen molar-refractivity contribution in [3.63, 3.8) is 0 Å². The molecule has 0 amide bonds. The van der Waals surface area contributed by atoms with Crippen molar-refractivity contribution in [2.75, 3.05) is 26.4 Å². The van der Waals surface area contributed by atoms with E-state index in [9.17, 15) is 19.0 Å². The number of rotatable bonds is 44. The van der Waals surface area contributed by atoms with Crippen molar-refractivity contribution in [3.05, 3.63) is 85.1 Å². The zero-order chi connectivity index (χ0) is 44.8. The summed E-state index contributed by atoms with van der Waals surface area (Å²) in [5.41, 5.74) is 5.36. The summed E-state index contributed by atoms with van der Waals surface area (Å²) in [5.74, 6) is -1.81. The van der Waals surface area contributed by atoms with E-state index in [-0.39, 0.29) is 13.0 Å². The number of carbonyl (C=O) groups is 2. The maximum atomic E-state index is 12.7. The Morgan fingerprint density at radius 3 is 1.44 bits per heavy atom. The van der Waals surface area contributed by atoms with E-state index in [2.05, 4.69) is 98.9 Å². The van der Waals surface area contributed by atoms with Gasteiger partial charge in [0.25, 0.3) is 0 Å². The second-order valence-corrected chi connectivity index (χ2v) is 17.0. The maximum Gasteiger partial charge on any atom is 0.472 e. The molecule has 0 bridgehead atoms. The van der Waals surface area contributed by atoms with Crippen molar-refractivity contribution >= 4 is 19.8 Å². The fourth-order valence-electron chi connectivity index (χ4n) is 6.03. The first-order valence-corrected chi connectivity index (χ1v) is 25.1. The van der Waals surface area contributed by atoms with Gasteiger partial charge in [-0.25, -0.2) is 4.57 Å². The summed E-state index contributed by atoms with van der Waals surface area (Å²) in [6.07, 6.45) is 57.9. The van der Waals surface area contributed by atoms with E-state index in [0.29, 0.717) is 13.0 Å². The highest BCUT2D eigenvalue weighted by Gasteiger charge is 2.27. The molecule has 0 aliphatic heterocycles. The van der Waals surface area contributed by atoms with E-state index >= 15 is 0 Å². The van der Waals surface area contributed by atoms with Crippen molar-refractivity contribution < 1.29 is 42.7 Å². The van der Waals surface area contributed by atoms with Gasteiger partial charge in [-0.2, -0.15) is 0 Å². The first kappa shape index (κ1) is 58.1. The van der Waals surface area contributed by atoms with Crippen LogP contribution in [0.2, 0.25) is 0 Å². The third-order valence-corrected chi connectivity index (χ3v) is 10.6. The van der Waals surface area contributed by atoms with Gasteiger partial charge in [-0.3, -0.25) is 18.6 Å². The molecule has 61 heavy (non-hydrogen) atoms. The summed E-state index contributed by atoms with van der Waals surface area (Å²) in [7, 11) is -4.64. The van der Waals surface area contributed by atoms with Crippen molar-refractivity contribution in [3.8, 4) is 0 Å². The predicted octanol–water partition coefficient (Wildman–Crippen LogP) is 13.5. The summed E-state index contributed by atoms with van der Waals surface area (Å²) in [4.78, 5) is 33.6. The molecule has 0 radical (unpaired) electrons. The third kappa shape index (κ3) is 45.0. The van der Waals surface area contributed by atoms with E-state index in [1.807, 2.05) is 0 Å². The van der Waals surface area contributed by atoms with E-state index in [0.717, 1.165) is 70.6 Å². The lowest BCUT2D eigenvalue weighted by molar-refractivity contribution is -0.154. The Balaban J connectivity index is 4.32. The van der Waals surface area contributed by atoms with Crippen LogP contribution in [0.3, 0.4) is 0 Å². The molecule has 350 valence electrons. The number of carboxylic acids is 1. The molecule has 0 saturated carbocycles. The number of nitrogens with two attached hydrogens (primary N) is 1. The summed E-state index contributed by atoms with van der Waals surface area (Å²) in [5, 5.41) is 8.91. The Morgan fingerprint density at radius 1 is 0.541 bits per heavy atom. The van der Waals surface area contributed by atoms with Gasteiger partial charge in [0.15, 0.2) is 0 Å². The summed E-state index contributed by atoms with van der Waals surface area (Å²) in [6.45, 7) is 3.60. The van der Waals surface area contributed by atoms with Crippen LogP contribution in [0.4, 0.5) is 0 Å². The SMILES string of the molecule is CC/C=C\C/C=C\C/C=C\C/C=C\C/C=C\C/C=C\CCCOCC(COP(=O)(O)OCC(N)C(=O)O)OC(=O)CCCCCCCCCCC/C=C\CCCCCCCC. The predicted molar refractivity (Wildman–Crippen MR) is 253 cm³/mol. The fraction of sp³-hybridized carbons (Fsp3) is 0.680. The van der Waals surface area contributed by atoms with Gasteiger partial charge in [0.1, 0.15) is 12.1 Å². The van der Waals surface area contributed by atoms with E-state index in [1.54, 1.807) is 0 Å². The smallest absolute Gasteiger partial charge is 0.472 e. The summed E-state index contributed by atoms with van der Waals surface area (Å²) < 4.78 is 33.3. The Hall–Kier alpha value is -2.85. The standard InChI is InChI=1S/C50H86NO9P/c1-3-5-7-9-11-13-15-17-19-21-23-25-27-29-31-33-35-37-39-41-43-57-44-47(45-58-61(55,56)59-46-48(51)50(53)54)60-49(52)42-40-38-36-34-32-30-28-26-24-22-20-18-16-14-12-10-8-6-4-2/h5,7,11,13,17-20,23,25,29,31,35,37,47-48H,3-4,6,8-10,12,14-16,21-22,24,26-28,30,32-34,36,38-46,51H2,1-2H3,(H,53,54)(H,55,56)/b7-5-,13-11-,19-17-,20-18-,25-23-,31-29-,37-35-. The lowest BCUT2D eigenvalue weighted by Crippen LogP contribution is -2.34. The van der Waals surface area contributed by atoms with Crippen LogP contribution < -0.4 is 5.73 Å². The van der Waals surface area contributed by atoms with Crippen LogP contribution >= 0.6 is 7.82 Å². The maximum absolute atomic E-state index is 12.7. The Bertz CT molecular complexity index is 1290. The summed E-state index contributed by atoms with van der Waals surface area (Å²) in [6, 6.07) is -1.49. The molecule has 0 heterocycles. The molecule has 0 aliphatic rings. The largest absolute Gasteiger partial charge is 0.480 e. The quantitative estimate of drug-likeness (QED) is 0.0233. The zero-order valence-corrected chi connectivity index (χ0v) is 39.1. The number of ether oxygens (including phenoxy) is 2. The van der Waals surface area contributed by atoms with E-state index < -0.39 is 45.1 Å². The van der Waals surface area contributed by atoms with Crippen LogP contribution in [-0.4, -0.2) is 60.5 Å². The molecular formula is C50H86NO9P. The first-order valence-electron chi connectivity index (χ1n) is 23.6. The fourth-order valence-corrected chi connectivity index (χ4v) is 6.80. The zero-order valence-electron chi connectivity index (χ0n) is 38.2. The molecule has 3 unspecified atom stereocenters. The number of allylic oxidation sites excluding steroid dienone is 14. The van der Waals surface area contributed by atoms with Gasteiger partial charge in [0.05, 0.1) is 19.8 Å². The second-order valence-electron chi connectivity index (χ2n) is 15.5. The van der Waals surface area contributed by atoms with Crippen LogP contribution in [0.5, 0.6) is 0 Å². The molecule has 4 N–H and O–H groups in total. The molecule has 0 fully saturated rings. The van der Waals surface area contributed by atoms with Gasteiger partial charge in [-0.05, 0) is 83.5 Å². The molecule has 3 atom stereocenters. The van der Waals surface area contributed by atoms with Gasteiger partial charge in [-0.15, -0.1) is 0 Å². The number of unbranched alkanes of at least 4 members (excludes halogenated alkanes) is 16. The van der Waals surface area contributed by atoms with Gasteiger partial charge in [0.2, 0.25) is 0 Å². The average molecular weight is 876 g/mol. The van der Waals surface area contributed by atoms with Crippen molar-refractivity contribution in [1.82, 2.24) is 0 Å². The Morgan fingerprint density at radius 2 is 0.951 bits per heavy atom. The van der Waals surface area contributed by atoms with E-state index in [1.165, 1.54) is 83.5 Å². The Kier molecular flexibility index (Phi) is 43.1. The molecule has 0 aromatic heterocycles. The van der Waals surface area contributed by atoms with E-state index in [4.69, 9.17) is 29.4 Å². The number of hydrogen-bond acceptors (Lipinski definition) is 8. The minimum absolute atomic E-state index is 0.0282. The van der Waals surface area contributed by atoms with Crippen LogP contribution in [0.25, 0.3) is 0 Å². The third-order valence-electron chi connectivity index (χ3n) is 9.66. The highest BCUT2D eigenvalue weighted by Crippen LogP contribution is 2.43. The minimum atomic E-state index is -4.64. The second kappa shape index (κ2) is 45.2. The highest BCUT2D eigenvalue weighted by atomic mass is 31.2. The normalized spacial score (nSPS) is 14.6. The summed E-state index contributed by atoms with van der Waals surface area (Å²) >= 11 is 0. The van der Waals surface area contributed by atoms with Crippen molar-refractivity contribution in [2.24, 2.45) is 5.73 Å². The molecule has 0 aliphatic carbocycles. The lowest BCUT2D eigenvalue weighted by atomic mass is 10.1. The molecule has 0 spiro atoms. The number of phosphoric acid groups is 1. The molecule has 0 rings (SSSR count). The Labute approximate surface area is 371 Å². The molecular weight excluding hydrogens is 790 g/mol. The number of carbonyl (C=O) groups excluding carboxylic acids is 1. The van der Waals surface area contributed by atoms with Crippen molar-refractivity contribution in [1.29, 1.82) is 0 Å². The van der Waals surface area contributed by atoms with Crippen LogP contribution in [-0.2, 0) is 32.7 Å².